The Morgan fingerprint density at radius 3 is 2.30 bits per heavy atom. The monoisotopic (exact) mass is 367 g/mol. The molecule has 27 heavy (non-hydrogen) atoms. The zero-order chi connectivity index (χ0) is 19.2. The van der Waals surface area contributed by atoms with Gasteiger partial charge in [0.25, 0.3) is 0 Å². The summed E-state index contributed by atoms with van der Waals surface area (Å²) in [6.45, 7) is 4.90. The van der Waals surface area contributed by atoms with E-state index in [1.807, 2.05) is 0 Å². The Labute approximate surface area is 163 Å². The van der Waals surface area contributed by atoms with Crippen LogP contribution in [0.4, 0.5) is 0 Å². The number of rotatable bonds is 7. The summed E-state index contributed by atoms with van der Waals surface area (Å²) in [4.78, 5) is 8.97. The smallest absolute Gasteiger partial charge is 0.138 e. The van der Waals surface area contributed by atoms with Gasteiger partial charge >= 0.3 is 0 Å². The second kappa shape index (κ2) is 9.34. The van der Waals surface area contributed by atoms with E-state index in [-0.39, 0.29) is 5.75 Å². The zero-order valence-electron chi connectivity index (χ0n) is 16.9. The lowest BCUT2D eigenvalue weighted by atomic mass is 9.85. The minimum absolute atomic E-state index is 0.264. The molecule has 0 spiro atoms. The molecule has 4 nitrogen and oxygen atoms in total. The van der Waals surface area contributed by atoms with Crippen molar-refractivity contribution >= 4 is 0 Å². The molecule has 3 rings (SSSR count). The molecule has 1 aliphatic carbocycles. The van der Waals surface area contributed by atoms with Crippen molar-refractivity contribution in [3.8, 4) is 5.75 Å². The molecule has 0 saturated heterocycles. The van der Waals surface area contributed by atoms with Gasteiger partial charge in [-0.25, -0.2) is 0 Å². The Morgan fingerprint density at radius 1 is 0.963 bits per heavy atom. The van der Waals surface area contributed by atoms with Crippen molar-refractivity contribution in [2.24, 2.45) is 5.92 Å². The van der Waals surface area contributed by atoms with Crippen molar-refractivity contribution < 1.29 is 5.11 Å². The van der Waals surface area contributed by atoms with E-state index in [1.165, 1.54) is 36.8 Å². The van der Waals surface area contributed by atoms with Crippen LogP contribution in [0.5, 0.6) is 5.75 Å². The number of pyridine rings is 1. The molecule has 0 radical (unpaired) electrons. The standard InChI is InChI=1S/C23H33N3O/c1-18-7-4-5-8-22(18)26(3)16-20-12-10-19(11-13-20)15-25(2)17-21-23(27)9-6-14-24-21/h6,9-14,18,22,27H,4-5,7-8,15-17H2,1-3H3. The summed E-state index contributed by atoms with van der Waals surface area (Å²) in [5.74, 6) is 1.07. The van der Waals surface area contributed by atoms with Gasteiger partial charge in [0.2, 0.25) is 0 Å². The van der Waals surface area contributed by atoms with Crippen LogP contribution in [0.3, 0.4) is 0 Å². The minimum Gasteiger partial charge on any atom is -0.506 e. The lowest BCUT2D eigenvalue weighted by Crippen LogP contribution is -2.38. The molecule has 1 heterocycles. The molecule has 0 aliphatic heterocycles. The van der Waals surface area contributed by atoms with Gasteiger partial charge in [-0.15, -0.1) is 0 Å². The van der Waals surface area contributed by atoms with Crippen LogP contribution in [-0.2, 0) is 19.6 Å². The van der Waals surface area contributed by atoms with Crippen LogP contribution in [0.2, 0.25) is 0 Å². The first-order chi connectivity index (χ1) is 13.0. The SMILES string of the molecule is CC1CCCCC1N(C)Cc1ccc(CN(C)Cc2ncccc2O)cc1. The van der Waals surface area contributed by atoms with Gasteiger partial charge in [-0.3, -0.25) is 14.8 Å². The molecule has 4 heteroatoms. The lowest BCUT2D eigenvalue weighted by molar-refractivity contribution is 0.133. The van der Waals surface area contributed by atoms with Crippen LogP contribution in [0.25, 0.3) is 0 Å². The summed E-state index contributed by atoms with van der Waals surface area (Å²) >= 11 is 0. The van der Waals surface area contributed by atoms with Crippen LogP contribution in [0, 0.1) is 5.92 Å². The largest absolute Gasteiger partial charge is 0.506 e. The number of benzene rings is 1. The Bertz CT molecular complexity index is 716. The Hall–Kier alpha value is -1.91. The van der Waals surface area contributed by atoms with E-state index in [0.29, 0.717) is 6.54 Å². The highest BCUT2D eigenvalue weighted by Gasteiger charge is 2.24. The fraction of sp³-hybridized carbons (Fsp3) is 0.522. The van der Waals surface area contributed by atoms with Crippen molar-refractivity contribution in [2.75, 3.05) is 14.1 Å². The van der Waals surface area contributed by atoms with E-state index >= 15 is 0 Å². The normalized spacial score (nSPS) is 20.3. The van der Waals surface area contributed by atoms with Gasteiger partial charge in [0.15, 0.2) is 0 Å². The second-order valence-corrected chi connectivity index (χ2v) is 8.20. The zero-order valence-corrected chi connectivity index (χ0v) is 16.9. The van der Waals surface area contributed by atoms with Crippen molar-refractivity contribution in [1.29, 1.82) is 0 Å². The molecular formula is C23H33N3O. The first kappa shape index (κ1) is 19.8. The highest BCUT2D eigenvalue weighted by Crippen LogP contribution is 2.28. The summed E-state index contributed by atoms with van der Waals surface area (Å²) in [6, 6.07) is 13.1. The summed E-state index contributed by atoms with van der Waals surface area (Å²) < 4.78 is 0. The molecular weight excluding hydrogens is 334 g/mol. The van der Waals surface area contributed by atoms with E-state index < -0.39 is 0 Å². The van der Waals surface area contributed by atoms with E-state index in [2.05, 4.69) is 60.1 Å². The molecule has 2 atom stereocenters. The molecule has 2 unspecified atom stereocenters. The van der Waals surface area contributed by atoms with E-state index in [0.717, 1.165) is 30.7 Å². The van der Waals surface area contributed by atoms with Crippen LogP contribution < -0.4 is 0 Å². The maximum atomic E-state index is 9.88. The van der Waals surface area contributed by atoms with Crippen LogP contribution in [0.1, 0.15) is 49.4 Å². The maximum Gasteiger partial charge on any atom is 0.138 e. The van der Waals surface area contributed by atoms with Crippen molar-refractivity contribution in [1.82, 2.24) is 14.8 Å². The van der Waals surface area contributed by atoms with Crippen LogP contribution in [-0.4, -0.2) is 40.0 Å². The first-order valence-electron chi connectivity index (χ1n) is 10.1. The summed E-state index contributed by atoms with van der Waals surface area (Å²) in [6.07, 6.45) is 7.19. The number of aromatic hydroxyl groups is 1. The van der Waals surface area contributed by atoms with E-state index in [1.54, 1.807) is 18.3 Å². The van der Waals surface area contributed by atoms with Gasteiger partial charge < -0.3 is 5.11 Å². The topological polar surface area (TPSA) is 39.6 Å². The van der Waals surface area contributed by atoms with E-state index in [4.69, 9.17) is 0 Å². The second-order valence-electron chi connectivity index (χ2n) is 8.20. The van der Waals surface area contributed by atoms with Crippen LogP contribution in [0.15, 0.2) is 42.6 Å². The molecule has 1 aromatic heterocycles. The maximum absolute atomic E-state index is 9.88. The summed E-state index contributed by atoms with van der Waals surface area (Å²) in [7, 11) is 4.33. The van der Waals surface area contributed by atoms with Crippen molar-refractivity contribution in [3.63, 3.8) is 0 Å². The Morgan fingerprint density at radius 2 is 1.63 bits per heavy atom. The average Bonchev–Trinajstić information content (AvgIpc) is 2.65. The van der Waals surface area contributed by atoms with Gasteiger partial charge in [0, 0.05) is 31.9 Å². The summed E-state index contributed by atoms with van der Waals surface area (Å²) in [5, 5.41) is 9.88. The molecule has 1 aromatic carbocycles. The third-order valence-corrected chi connectivity index (χ3v) is 5.83. The lowest BCUT2D eigenvalue weighted by Gasteiger charge is -2.36. The van der Waals surface area contributed by atoms with Crippen molar-refractivity contribution in [2.45, 2.75) is 58.3 Å². The predicted octanol–water partition coefficient (Wildman–Crippen LogP) is 4.43. The number of hydrogen-bond donors (Lipinski definition) is 1. The minimum atomic E-state index is 0.264. The van der Waals surface area contributed by atoms with E-state index in [9.17, 15) is 5.11 Å². The van der Waals surface area contributed by atoms with Gasteiger partial charge in [-0.1, -0.05) is 44.0 Å². The first-order valence-corrected chi connectivity index (χ1v) is 10.1. The number of hydrogen-bond acceptors (Lipinski definition) is 4. The molecule has 0 bridgehead atoms. The fourth-order valence-corrected chi connectivity index (χ4v) is 4.28. The fourth-order valence-electron chi connectivity index (χ4n) is 4.28. The third kappa shape index (κ3) is 5.53. The van der Waals surface area contributed by atoms with Crippen molar-refractivity contribution in [3.05, 3.63) is 59.4 Å². The van der Waals surface area contributed by atoms with Gasteiger partial charge in [-0.2, -0.15) is 0 Å². The molecule has 0 amide bonds. The quantitative estimate of drug-likeness (QED) is 0.786. The molecule has 2 aromatic rings. The highest BCUT2D eigenvalue weighted by atomic mass is 16.3. The Kier molecular flexibility index (Phi) is 6.86. The molecule has 146 valence electrons. The average molecular weight is 368 g/mol. The third-order valence-electron chi connectivity index (χ3n) is 5.83. The van der Waals surface area contributed by atoms with Gasteiger partial charge in [-0.05, 0) is 56.1 Å². The highest BCUT2D eigenvalue weighted by molar-refractivity contribution is 5.25. The molecule has 1 saturated carbocycles. The molecule has 1 N–H and O–H groups in total. The predicted molar refractivity (Wildman–Crippen MR) is 110 cm³/mol. The Balaban J connectivity index is 1.53. The van der Waals surface area contributed by atoms with Crippen LogP contribution >= 0.6 is 0 Å². The van der Waals surface area contributed by atoms with Gasteiger partial charge in [0.1, 0.15) is 5.75 Å². The number of nitrogens with zero attached hydrogens (tertiary/aromatic N) is 3. The summed E-state index contributed by atoms with van der Waals surface area (Å²) in [5.41, 5.74) is 3.38. The molecule has 1 aliphatic rings. The van der Waals surface area contributed by atoms with Gasteiger partial charge in [0.05, 0.1) is 5.69 Å². The molecule has 1 fully saturated rings. The number of aromatic nitrogens is 1.